The van der Waals surface area contributed by atoms with E-state index in [1.807, 2.05) is 0 Å². The Bertz CT molecular complexity index is 754. The molecular weight excluding hydrogens is 364 g/mol. The number of fused-ring (bicyclic) bond motifs is 1. The molecule has 0 spiro atoms. The lowest BCUT2D eigenvalue weighted by atomic mass is 9.87. The van der Waals surface area contributed by atoms with Gasteiger partial charge in [-0.1, -0.05) is 51.1 Å². The molecule has 0 aromatic heterocycles. The van der Waals surface area contributed by atoms with Gasteiger partial charge in [0.05, 0.1) is 5.75 Å². The highest BCUT2D eigenvalue weighted by Crippen LogP contribution is 2.25. The second kappa shape index (κ2) is 8.94. The Morgan fingerprint density at radius 2 is 1.77 bits per heavy atom. The van der Waals surface area contributed by atoms with Crippen LogP contribution in [-0.4, -0.2) is 11.7 Å². The van der Waals surface area contributed by atoms with Crippen LogP contribution in [0.2, 0.25) is 0 Å². The Morgan fingerprint density at radius 1 is 1.08 bits per heavy atom. The van der Waals surface area contributed by atoms with Crippen molar-refractivity contribution >= 4 is 30.1 Å². The van der Waals surface area contributed by atoms with Crippen molar-refractivity contribution in [2.45, 2.75) is 50.7 Å². The number of carbonyl (C=O) groups is 1. The summed E-state index contributed by atoms with van der Waals surface area (Å²) in [7, 11) is 0. The van der Waals surface area contributed by atoms with E-state index >= 15 is 0 Å². The zero-order valence-electron chi connectivity index (χ0n) is 15.6. The van der Waals surface area contributed by atoms with E-state index in [2.05, 4.69) is 73.9 Å². The van der Waals surface area contributed by atoms with Gasteiger partial charge in [-0.3, -0.25) is 4.79 Å². The van der Waals surface area contributed by atoms with E-state index < -0.39 is 0 Å². The highest BCUT2D eigenvalue weighted by Gasteiger charge is 2.13. The van der Waals surface area contributed by atoms with Crippen molar-refractivity contribution in [3.05, 3.63) is 64.7 Å². The van der Waals surface area contributed by atoms with Crippen LogP contribution in [0.4, 0.5) is 0 Å². The maximum Gasteiger partial charge on any atom is 0.230 e. The quantitative estimate of drug-likeness (QED) is 0.742. The fourth-order valence-electron chi connectivity index (χ4n) is 2.91. The number of rotatable bonds is 5. The molecule has 5 heteroatoms. The van der Waals surface area contributed by atoms with Crippen LogP contribution in [0.25, 0.3) is 0 Å². The third-order valence-electron chi connectivity index (χ3n) is 4.48. The third kappa shape index (κ3) is 5.50. The molecule has 0 bridgehead atoms. The maximum absolute atomic E-state index is 12.1. The number of hydrogen-bond acceptors (Lipinski definition) is 3. The zero-order chi connectivity index (χ0) is 17.9. The second-order valence-corrected chi connectivity index (χ2v) is 8.60. The Kier molecular flexibility index (Phi) is 7.16. The smallest absolute Gasteiger partial charge is 0.230 e. The Hall–Kier alpha value is -1.49. The van der Waals surface area contributed by atoms with Crippen molar-refractivity contribution in [2.24, 2.45) is 0 Å². The molecule has 3 nitrogen and oxygen atoms in total. The molecule has 0 radical (unpaired) electrons. The lowest BCUT2D eigenvalue weighted by molar-refractivity contribution is -0.118. The molecule has 2 aromatic carbocycles. The topological polar surface area (TPSA) is 41.1 Å². The van der Waals surface area contributed by atoms with Gasteiger partial charge in [-0.2, -0.15) is 0 Å². The molecule has 0 unspecified atom stereocenters. The van der Waals surface area contributed by atoms with Crippen LogP contribution in [0.3, 0.4) is 0 Å². The summed E-state index contributed by atoms with van der Waals surface area (Å²) in [6, 6.07) is 15.0. The molecule has 0 aliphatic carbocycles. The van der Waals surface area contributed by atoms with Crippen LogP contribution >= 0.6 is 24.2 Å². The van der Waals surface area contributed by atoms with E-state index in [0.717, 1.165) is 23.5 Å². The summed E-state index contributed by atoms with van der Waals surface area (Å²) in [5.41, 5.74) is 5.35. The van der Waals surface area contributed by atoms with Crippen molar-refractivity contribution in [1.29, 1.82) is 0 Å². The SMILES string of the molecule is CC(C)(C)c1ccc(SCC(=O)NCc2ccc3c(c2)CNC3)cc1.Cl. The largest absolute Gasteiger partial charge is 0.351 e. The van der Waals surface area contributed by atoms with E-state index in [0.29, 0.717) is 12.3 Å². The Labute approximate surface area is 166 Å². The van der Waals surface area contributed by atoms with Gasteiger partial charge in [0.1, 0.15) is 0 Å². The normalized spacial score (nSPS) is 13.0. The number of thioether (sulfide) groups is 1. The van der Waals surface area contributed by atoms with Gasteiger partial charge in [0.2, 0.25) is 5.91 Å². The van der Waals surface area contributed by atoms with Crippen LogP contribution in [0, 0.1) is 0 Å². The van der Waals surface area contributed by atoms with E-state index in [1.165, 1.54) is 16.7 Å². The molecule has 1 amide bonds. The highest BCUT2D eigenvalue weighted by molar-refractivity contribution is 8.00. The first-order valence-corrected chi connectivity index (χ1v) is 9.72. The maximum atomic E-state index is 12.1. The van der Waals surface area contributed by atoms with E-state index in [9.17, 15) is 4.79 Å². The predicted molar refractivity (Wildman–Crippen MR) is 112 cm³/mol. The van der Waals surface area contributed by atoms with E-state index in [1.54, 1.807) is 11.8 Å². The average Bonchev–Trinajstić information content (AvgIpc) is 3.05. The summed E-state index contributed by atoms with van der Waals surface area (Å²) in [6.07, 6.45) is 0. The molecule has 0 saturated carbocycles. The number of carbonyl (C=O) groups excluding carboxylic acids is 1. The molecule has 1 aliphatic heterocycles. The average molecular weight is 391 g/mol. The van der Waals surface area contributed by atoms with Gasteiger partial charge in [0.15, 0.2) is 0 Å². The van der Waals surface area contributed by atoms with E-state index in [-0.39, 0.29) is 23.7 Å². The van der Waals surface area contributed by atoms with Crippen LogP contribution < -0.4 is 10.6 Å². The Morgan fingerprint density at radius 3 is 2.46 bits per heavy atom. The van der Waals surface area contributed by atoms with Crippen molar-refractivity contribution in [3.8, 4) is 0 Å². The van der Waals surface area contributed by atoms with Gasteiger partial charge in [-0.05, 0) is 39.8 Å². The van der Waals surface area contributed by atoms with Crippen LogP contribution in [-0.2, 0) is 29.8 Å². The monoisotopic (exact) mass is 390 g/mol. The highest BCUT2D eigenvalue weighted by atomic mass is 35.5. The molecule has 2 aromatic rings. The molecule has 0 atom stereocenters. The molecule has 140 valence electrons. The molecular formula is C21H27ClN2OS. The summed E-state index contributed by atoms with van der Waals surface area (Å²) in [5.74, 6) is 0.518. The fourth-order valence-corrected chi connectivity index (χ4v) is 3.64. The van der Waals surface area contributed by atoms with Gasteiger partial charge in [0.25, 0.3) is 0 Å². The number of hydrogen-bond donors (Lipinski definition) is 2. The zero-order valence-corrected chi connectivity index (χ0v) is 17.2. The van der Waals surface area contributed by atoms with Crippen molar-refractivity contribution in [3.63, 3.8) is 0 Å². The number of nitrogens with one attached hydrogen (secondary N) is 2. The Balaban J connectivity index is 0.00000243. The predicted octanol–water partition coefficient (Wildman–Crippen LogP) is 4.42. The molecule has 26 heavy (non-hydrogen) atoms. The summed E-state index contributed by atoms with van der Waals surface area (Å²) < 4.78 is 0. The lowest BCUT2D eigenvalue weighted by Crippen LogP contribution is -2.24. The molecule has 1 heterocycles. The van der Waals surface area contributed by atoms with Gasteiger partial charge >= 0.3 is 0 Å². The molecule has 1 aliphatic rings. The first kappa shape index (κ1) is 20.8. The first-order chi connectivity index (χ1) is 11.9. The summed E-state index contributed by atoms with van der Waals surface area (Å²) in [4.78, 5) is 13.2. The van der Waals surface area contributed by atoms with Gasteiger partial charge < -0.3 is 10.6 Å². The minimum Gasteiger partial charge on any atom is -0.351 e. The van der Waals surface area contributed by atoms with Crippen molar-refractivity contribution in [2.75, 3.05) is 5.75 Å². The standard InChI is InChI=1S/C21H26N2OS.ClH/c1-21(2,3)18-6-8-19(9-7-18)25-14-20(24)23-11-15-4-5-16-12-22-13-17(16)10-15;/h4-10,22H,11-14H2,1-3H3,(H,23,24);1H. The second-order valence-electron chi connectivity index (χ2n) is 7.55. The van der Waals surface area contributed by atoms with Crippen LogP contribution in [0.15, 0.2) is 47.4 Å². The van der Waals surface area contributed by atoms with Crippen molar-refractivity contribution < 1.29 is 4.79 Å². The molecule has 0 saturated heterocycles. The van der Waals surface area contributed by atoms with Crippen molar-refractivity contribution in [1.82, 2.24) is 10.6 Å². The number of amides is 1. The molecule has 3 rings (SSSR count). The van der Waals surface area contributed by atoms with E-state index in [4.69, 9.17) is 0 Å². The van der Waals surface area contributed by atoms with Gasteiger partial charge in [-0.15, -0.1) is 24.2 Å². The number of benzene rings is 2. The lowest BCUT2D eigenvalue weighted by Gasteiger charge is -2.19. The number of halogens is 1. The van der Waals surface area contributed by atoms with Crippen LogP contribution in [0.5, 0.6) is 0 Å². The minimum absolute atomic E-state index is 0. The third-order valence-corrected chi connectivity index (χ3v) is 5.49. The molecule has 0 fully saturated rings. The first-order valence-electron chi connectivity index (χ1n) is 8.73. The summed E-state index contributed by atoms with van der Waals surface area (Å²) in [6.45, 7) is 9.09. The summed E-state index contributed by atoms with van der Waals surface area (Å²) >= 11 is 1.58. The summed E-state index contributed by atoms with van der Waals surface area (Å²) in [5, 5.41) is 6.36. The van der Waals surface area contributed by atoms with Gasteiger partial charge in [-0.25, -0.2) is 0 Å². The van der Waals surface area contributed by atoms with Crippen LogP contribution in [0.1, 0.15) is 43.0 Å². The van der Waals surface area contributed by atoms with Gasteiger partial charge in [0, 0.05) is 24.5 Å². The fraction of sp³-hybridized carbons (Fsp3) is 0.381. The minimum atomic E-state index is 0. The molecule has 2 N–H and O–H groups in total.